The van der Waals surface area contributed by atoms with Gasteiger partial charge in [0, 0.05) is 24.3 Å². The highest BCUT2D eigenvalue weighted by Gasteiger charge is 2.24. The summed E-state index contributed by atoms with van der Waals surface area (Å²) in [6, 6.07) is 1.88. The van der Waals surface area contributed by atoms with Crippen molar-refractivity contribution < 1.29 is 8.42 Å². The van der Waals surface area contributed by atoms with Crippen LogP contribution < -0.4 is 0 Å². The smallest absolute Gasteiger partial charge is 0.296 e. The minimum Gasteiger partial charge on any atom is -0.296 e. The second-order valence-corrected chi connectivity index (χ2v) is 6.85. The highest BCUT2D eigenvalue weighted by atomic mass is 35.7. The second kappa shape index (κ2) is 5.53. The Morgan fingerprint density at radius 3 is 2.50 bits per heavy atom. The van der Waals surface area contributed by atoms with E-state index in [-0.39, 0.29) is 5.16 Å². The molecule has 2 aromatic heterocycles. The summed E-state index contributed by atoms with van der Waals surface area (Å²) in [5.74, 6) is 0.459. The molecule has 2 aromatic rings. The molecule has 9 heteroatoms. The van der Waals surface area contributed by atoms with E-state index in [0.29, 0.717) is 12.4 Å². The van der Waals surface area contributed by atoms with Crippen molar-refractivity contribution in [2.24, 2.45) is 7.05 Å². The van der Waals surface area contributed by atoms with Crippen LogP contribution in [-0.2, 0) is 29.1 Å². The SMILES string of the molecule is CCCn1c(-c2cc(CC)nn2C)nnc1S(=O)(=O)Cl. The van der Waals surface area contributed by atoms with E-state index < -0.39 is 9.05 Å². The average molecular weight is 318 g/mol. The van der Waals surface area contributed by atoms with Gasteiger partial charge in [-0.1, -0.05) is 13.8 Å². The molecule has 0 saturated carbocycles. The van der Waals surface area contributed by atoms with Gasteiger partial charge in [0.05, 0.1) is 5.69 Å². The maximum atomic E-state index is 11.5. The largest absolute Gasteiger partial charge is 0.296 e. The Morgan fingerprint density at radius 1 is 1.30 bits per heavy atom. The van der Waals surface area contributed by atoms with Gasteiger partial charge in [0.25, 0.3) is 14.2 Å². The Kier molecular flexibility index (Phi) is 4.14. The molecule has 0 bridgehead atoms. The van der Waals surface area contributed by atoms with Gasteiger partial charge in [0.2, 0.25) is 0 Å². The zero-order valence-corrected chi connectivity index (χ0v) is 13.1. The monoisotopic (exact) mass is 317 g/mol. The third-order valence-corrected chi connectivity index (χ3v) is 4.06. The molecule has 0 aromatic carbocycles. The lowest BCUT2D eigenvalue weighted by Crippen LogP contribution is -2.09. The third-order valence-electron chi connectivity index (χ3n) is 2.90. The molecule has 2 rings (SSSR count). The number of aromatic nitrogens is 5. The number of hydrogen-bond donors (Lipinski definition) is 0. The first-order valence-corrected chi connectivity index (χ1v) is 8.60. The predicted molar refractivity (Wildman–Crippen MR) is 74.9 cm³/mol. The highest BCUT2D eigenvalue weighted by Crippen LogP contribution is 2.23. The van der Waals surface area contributed by atoms with Gasteiger partial charge >= 0.3 is 0 Å². The molecule has 0 saturated heterocycles. The molecule has 20 heavy (non-hydrogen) atoms. The lowest BCUT2D eigenvalue weighted by Gasteiger charge is -2.07. The summed E-state index contributed by atoms with van der Waals surface area (Å²) < 4.78 is 26.3. The number of aryl methyl sites for hydroxylation is 2. The van der Waals surface area contributed by atoms with Gasteiger partial charge in [-0.15, -0.1) is 10.2 Å². The molecular formula is C11H16ClN5O2S. The van der Waals surface area contributed by atoms with Gasteiger partial charge in [-0.25, -0.2) is 8.42 Å². The van der Waals surface area contributed by atoms with Gasteiger partial charge in [-0.05, 0) is 18.9 Å². The summed E-state index contributed by atoms with van der Waals surface area (Å²) in [6.07, 6.45) is 1.53. The average Bonchev–Trinajstić information content (AvgIpc) is 2.92. The standard InChI is InChI=1S/C11H16ClN5O2S/c1-4-6-17-10(13-14-11(17)20(12,18)19)9-7-8(5-2)15-16(9)3/h7H,4-6H2,1-3H3. The van der Waals surface area contributed by atoms with Crippen LogP contribution >= 0.6 is 10.7 Å². The van der Waals surface area contributed by atoms with Crippen LogP contribution in [0.4, 0.5) is 0 Å². The summed E-state index contributed by atoms with van der Waals surface area (Å²) in [5, 5.41) is 11.8. The van der Waals surface area contributed by atoms with E-state index >= 15 is 0 Å². The summed E-state index contributed by atoms with van der Waals surface area (Å²) in [4.78, 5) is 0. The van der Waals surface area contributed by atoms with E-state index in [0.717, 1.165) is 24.2 Å². The Bertz CT molecular complexity index is 719. The van der Waals surface area contributed by atoms with Gasteiger partial charge in [-0.3, -0.25) is 9.25 Å². The third kappa shape index (κ3) is 2.71. The lowest BCUT2D eigenvalue weighted by molar-refractivity contribution is 0.568. The molecule has 7 nitrogen and oxygen atoms in total. The molecule has 0 spiro atoms. The minimum atomic E-state index is -3.92. The topological polar surface area (TPSA) is 82.7 Å². The fraction of sp³-hybridized carbons (Fsp3) is 0.545. The molecule has 0 radical (unpaired) electrons. The van der Waals surface area contributed by atoms with Crippen molar-refractivity contribution in [1.82, 2.24) is 24.5 Å². The minimum absolute atomic E-state index is 0.227. The molecule has 110 valence electrons. The van der Waals surface area contributed by atoms with E-state index in [2.05, 4.69) is 15.3 Å². The van der Waals surface area contributed by atoms with Gasteiger partial charge < -0.3 is 0 Å². The van der Waals surface area contributed by atoms with E-state index in [1.165, 1.54) is 4.57 Å². The van der Waals surface area contributed by atoms with E-state index in [9.17, 15) is 8.42 Å². The maximum absolute atomic E-state index is 11.5. The number of halogens is 1. The maximum Gasteiger partial charge on any atom is 0.296 e. The summed E-state index contributed by atoms with van der Waals surface area (Å²) in [7, 11) is 3.26. The predicted octanol–water partition coefficient (Wildman–Crippen LogP) is 1.58. The van der Waals surface area contributed by atoms with Crippen LogP contribution in [0.2, 0.25) is 0 Å². The van der Waals surface area contributed by atoms with Crippen LogP contribution in [0.15, 0.2) is 11.2 Å². The van der Waals surface area contributed by atoms with Crippen molar-refractivity contribution in [3.8, 4) is 11.5 Å². The number of rotatable bonds is 5. The van der Waals surface area contributed by atoms with Crippen LogP contribution in [-0.4, -0.2) is 33.0 Å². The lowest BCUT2D eigenvalue weighted by atomic mass is 10.3. The van der Waals surface area contributed by atoms with Gasteiger partial charge in [0.1, 0.15) is 5.69 Å². The molecule has 0 aliphatic rings. The van der Waals surface area contributed by atoms with Crippen LogP contribution in [0.25, 0.3) is 11.5 Å². The molecule has 0 unspecified atom stereocenters. The van der Waals surface area contributed by atoms with E-state index in [1.54, 1.807) is 11.7 Å². The first kappa shape index (κ1) is 15.0. The van der Waals surface area contributed by atoms with Crippen molar-refractivity contribution in [3.63, 3.8) is 0 Å². The Balaban J connectivity index is 2.62. The first-order chi connectivity index (χ1) is 9.38. The number of nitrogens with zero attached hydrogens (tertiary/aromatic N) is 5. The molecule has 0 amide bonds. The first-order valence-electron chi connectivity index (χ1n) is 6.29. The van der Waals surface area contributed by atoms with Crippen LogP contribution in [0.1, 0.15) is 26.0 Å². The van der Waals surface area contributed by atoms with Crippen LogP contribution in [0.3, 0.4) is 0 Å². The molecule has 0 aliphatic carbocycles. The summed E-state index contributed by atoms with van der Waals surface area (Å²) in [6.45, 7) is 4.41. The van der Waals surface area contributed by atoms with Crippen molar-refractivity contribution in [2.75, 3.05) is 0 Å². The highest BCUT2D eigenvalue weighted by molar-refractivity contribution is 8.13. The molecular weight excluding hydrogens is 302 g/mol. The van der Waals surface area contributed by atoms with Gasteiger partial charge in [0.15, 0.2) is 5.82 Å². The fourth-order valence-electron chi connectivity index (χ4n) is 1.99. The normalized spacial score (nSPS) is 12.0. The Morgan fingerprint density at radius 2 is 2.00 bits per heavy atom. The Hall–Kier alpha value is -1.41. The molecule has 0 fully saturated rings. The molecule has 0 atom stereocenters. The zero-order chi connectivity index (χ0) is 14.9. The number of hydrogen-bond acceptors (Lipinski definition) is 5. The van der Waals surface area contributed by atoms with Crippen LogP contribution in [0, 0.1) is 0 Å². The Labute approximate surface area is 122 Å². The quantitative estimate of drug-likeness (QED) is 0.782. The molecule has 2 heterocycles. The van der Waals surface area contributed by atoms with E-state index in [1.807, 2.05) is 19.9 Å². The summed E-state index contributed by atoms with van der Waals surface area (Å²) in [5.41, 5.74) is 1.62. The zero-order valence-electron chi connectivity index (χ0n) is 11.5. The van der Waals surface area contributed by atoms with Crippen molar-refractivity contribution in [2.45, 2.75) is 38.4 Å². The van der Waals surface area contributed by atoms with Crippen molar-refractivity contribution in [1.29, 1.82) is 0 Å². The van der Waals surface area contributed by atoms with Crippen LogP contribution in [0.5, 0.6) is 0 Å². The van der Waals surface area contributed by atoms with Crippen molar-refractivity contribution >= 4 is 19.7 Å². The second-order valence-electron chi connectivity index (χ2n) is 4.39. The molecule has 0 N–H and O–H groups in total. The van der Waals surface area contributed by atoms with E-state index in [4.69, 9.17) is 10.7 Å². The van der Waals surface area contributed by atoms with Crippen molar-refractivity contribution in [3.05, 3.63) is 11.8 Å². The summed E-state index contributed by atoms with van der Waals surface area (Å²) >= 11 is 0. The molecule has 0 aliphatic heterocycles. The fourth-order valence-corrected chi connectivity index (χ4v) is 2.91. The van der Waals surface area contributed by atoms with Gasteiger partial charge in [-0.2, -0.15) is 5.10 Å².